The Bertz CT molecular complexity index is 1440. The molecule has 11 heteroatoms. The lowest BCUT2D eigenvalue weighted by Gasteiger charge is -2.37. The van der Waals surface area contributed by atoms with Crippen LogP contribution in [0.25, 0.3) is 11.1 Å². The van der Waals surface area contributed by atoms with Gasteiger partial charge in [0.2, 0.25) is 5.91 Å². The molecule has 228 valence electrons. The number of pyridine rings is 1. The molecule has 1 aromatic heterocycles. The van der Waals surface area contributed by atoms with Crippen LogP contribution in [0.1, 0.15) is 59.3 Å². The number of rotatable bonds is 8. The molecule has 43 heavy (non-hydrogen) atoms. The van der Waals surface area contributed by atoms with Crippen LogP contribution >= 0.6 is 0 Å². The second-order valence-electron chi connectivity index (χ2n) is 11.3. The van der Waals surface area contributed by atoms with Crippen molar-refractivity contribution in [2.24, 2.45) is 0 Å². The van der Waals surface area contributed by atoms with E-state index < -0.39 is 23.2 Å². The van der Waals surface area contributed by atoms with Crippen molar-refractivity contribution in [2.45, 2.75) is 62.6 Å². The summed E-state index contributed by atoms with van der Waals surface area (Å²) >= 11 is 0. The molecule has 1 saturated heterocycles. The van der Waals surface area contributed by atoms with Gasteiger partial charge in [0.25, 0.3) is 5.91 Å². The molecule has 0 unspecified atom stereocenters. The van der Waals surface area contributed by atoms with E-state index in [-0.39, 0.29) is 36.7 Å². The van der Waals surface area contributed by atoms with E-state index in [9.17, 15) is 33.0 Å². The average Bonchev–Trinajstić information content (AvgIpc) is 3.49. The first kappa shape index (κ1) is 30.7. The topological polar surface area (TPSA) is 115 Å². The fourth-order valence-corrected chi connectivity index (χ4v) is 5.87. The van der Waals surface area contributed by atoms with Gasteiger partial charge in [-0.15, -0.1) is 0 Å². The van der Waals surface area contributed by atoms with Crippen LogP contribution in [0.15, 0.2) is 66.9 Å². The lowest BCUT2D eigenvalue weighted by Crippen LogP contribution is -2.46. The van der Waals surface area contributed by atoms with Crippen molar-refractivity contribution in [1.29, 1.82) is 0 Å². The van der Waals surface area contributed by atoms with Gasteiger partial charge in [-0.1, -0.05) is 30.3 Å². The maximum atomic E-state index is 12.9. The highest BCUT2D eigenvalue weighted by Crippen LogP contribution is 2.37. The Morgan fingerprint density at radius 2 is 1.74 bits per heavy atom. The van der Waals surface area contributed by atoms with Gasteiger partial charge in [0.1, 0.15) is 5.60 Å². The molecule has 8 nitrogen and oxygen atoms in total. The van der Waals surface area contributed by atoms with E-state index in [2.05, 4.69) is 15.6 Å². The number of aliphatic hydroxyl groups is 2. The summed E-state index contributed by atoms with van der Waals surface area (Å²) in [5.41, 5.74) is 1.23. The molecule has 4 N–H and O–H groups in total. The number of alkyl halides is 3. The van der Waals surface area contributed by atoms with E-state index >= 15 is 0 Å². The first-order valence-electron chi connectivity index (χ1n) is 14.4. The number of aliphatic hydroxyl groups excluding tert-OH is 1. The van der Waals surface area contributed by atoms with Gasteiger partial charge in [0, 0.05) is 42.5 Å². The van der Waals surface area contributed by atoms with Crippen LogP contribution in [0.4, 0.5) is 13.2 Å². The molecule has 0 radical (unpaired) electrons. The molecule has 0 spiro atoms. The van der Waals surface area contributed by atoms with E-state index in [0.717, 1.165) is 54.2 Å². The van der Waals surface area contributed by atoms with Gasteiger partial charge in [0.05, 0.1) is 24.4 Å². The zero-order valence-corrected chi connectivity index (χ0v) is 23.6. The van der Waals surface area contributed by atoms with Crippen LogP contribution in [-0.4, -0.2) is 63.6 Å². The number of benzene rings is 2. The zero-order valence-electron chi connectivity index (χ0n) is 23.6. The molecule has 2 fully saturated rings. The average molecular weight is 597 g/mol. The molecule has 2 heterocycles. The van der Waals surface area contributed by atoms with Crippen molar-refractivity contribution < 1.29 is 33.0 Å². The normalized spacial score (nSPS) is 22.4. The number of halogens is 3. The number of aromatic nitrogens is 1. The Kier molecular flexibility index (Phi) is 9.14. The molecule has 2 amide bonds. The summed E-state index contributed by atoms with van der Waals surface area (Å²) in [6.45, 7) is 0.661. The monoisotopic (exact) mass is 596 g/mol. The first-order chi connectivity index (χ1) is 20.5. The van der Waals surface area contributed by atoms with Crippen LogP contribution in [0, 0.1) is 0 Å². The second-order valence-corrected chi connectivity index (χ2v) is 11.3. The standard InChI is InChI=1S/C32H35F3N4O4/c33-32(34,35)25-6-2-5-23(16-25)30(42)37-18-29(41)39-14-11-27(19-39)38-26-9-12-31(43,13-10-26)28-8-7-24(17-36-28)22-4-1-3-21(15-22)20-40/h1-8,15-17,26-27,38,40,43H,9-14,18-20H2,(H,37,42)/t26?,27-,31?/m0/s1. The molecule has 2 aliphatic rings. The zero-order chi connectivity index (χ0) is 30.6. The van der Waals surface area contributed by atoms with Crippen molar-refractivity contribution in [3.05, 3.63) is 89.2 Å². The van der Waals surface area contributed by atoms with E-state index in [4.69, 9.17) is 0 Å². The molecular weight excluding hydrogens is 561 g/mol. The Labute approximate surface area is 247 Å². The van der Waals surface area contributed by atoms with Crippen LogP contribution in [0.5, 0.6) is 0 Å². The largest absolute Gasteiger partial charge is 0.416 e. The number of amides is 2. The first-order valence-corrected chi connectivity index (χ1v) is 14.4. The Morgan fingerprint density at radius 3 is 2.44 bits per heavy atom. The molecule has 1 aliphatic carbocycles. The highest BCUT2D eigenvalue weighted by Gasteiger charge is 2.37. The number of nitrogens with zero attached hydrogens (tertiary/aromatic N) is 2. The van der Waals surface area contributed by atoms with Gasteiger partial charge in [-0.3, -0.25) is 14.6 Å². The third-order valence-electron chi connectivity index (χ3n) is 8.36. The molecule has 2 aromatic carbocycles. The number of nitrogens with one attached hydrogen (secondary N) is 2. The minimum atomic E-state index is -4.56. The fraction of sp³-hybridized carbons (Fsp3) is 0.406. The quantitative estimate of drug-likeness (QED) is 0.313. The highest BCUT2D eigenvalue weighted by molar-refractivity contribution is 5.96. The van der Waals surface area contributed by atoms with Gasteiger partial charge >= 0.3 is 6.18 Å². The van der Waals surface area contributed by atoms with E-state index in [1.807, 2.05) is 36.4 Å². The van der Waals surface area contributed by atoms with Crippen LogP contribution in [-0.2, 0) is 23.2 Å². The van der Waals surface area contributed by atoms with Crippen molar-refractivity contribution >= 4 is 11.8 Å². The van der Waals surface area contributed by atoms with Crippen molar-refractivity contribution in [3.8, 4) is 11.1 Å². The third kappa shape index (κ3) is 7.41. The Hall–Kier alpha value is -3.80. The maximum absolute atomic E-state index is 12.9. The van der Waals surface area contributed by atoms with E-state index in [0.29, 0.717) is 31.6 Å². The van der Waals surface area contributed by atoms with Gasteiger partial charge in [-0.2, -0.15) is 13.2 Å². The summed E-state index contributed by atoms with van der Waals surface area (Å²) in [6.07, 6.45) is 0.529. The van der Waals surface area contributed by atoms with Crippen molar-refractivity contribution in [2.75, 3.05) is 19.6 Å². The number of hydrogen-bond acceptors (Lipinski definition) is 6. The number of carbonyl (C=O) groups excluding carboxylic acids is 2. The van der Waals surface area contributed by atoms with Crippen molar-refractivity contribution in [3.63, 3.8) is 0 Å². The summed E-state index contributed by atoms with van der Waals surface area (Å²) in [4.78, 5) is 31.2. The van der Waals surface area contributed by atoms with Crippen molar-refractivity contribution in [1.82, 2.24) is 20.5 Å². The maximum Gasteiger partial charge on any atom is 0.416 e. The molecule has 5 rings (SSSR count). The SMILES string of the molecule is O=C(NCC(=O)N1CC[C@H](NC2CCC(O)(c3ccc(-c4cccc(CO)c4)cn3)CC2)C1)c1cccc(C(F)(F)F)c1. The Morgan fingerprint density at radius 1 is 0.977 bits per heavy atom. The number of hydrogen-bond donors (Lipinski definition) is 4. The van der Waals surface area contributed by atoms with Crippen LogP contribution in [0.3, 0.4) is 0 Å². The minimum Gasteiger partial charge on any atom is -0.392 e. The van der Waals surface area contributed by atoms with Crippen LogP contribution < -0.4 is 10.6 Å². The van der Waals surface area contributed by atoms with Crippen LogP contribution in [0.2, 0.25) is 0 Å². The number of likely N-dealkylation sites (tertiary alicyclic amines) is 1. The molecule has 3 aromatic rings. The number of carbonyl (C=O) groups is 2. The smallest absolute Gasteiger partial charge is 0.392 e. The fourth-order valence-electron chi connectivity index (χ4n) is 5.87. The van der Waals surface area contributed by atoms with Gasteiger partial charge in [-0.05, 0) is 73.6 Å². The minimum absolute atomic E-state index is 0.0336. The summed E-state index contributed by atoms with van der Waals surface area (Å²) in [6, 6.07) is 15.8. The molecule has 1 aliphatic heterocycles. The lowest BCUT2D eigenvalue weighted by molar-refractivity contribution is -0.137. The predicted molar refractivity (Wildman–Crippen MR) is 154 cm³/mol. The summed E-state index contributed by atoms with van der Waals surface area (Å²) in [5.74, 6) is -1.02. The summed E-state index contributed by atoms with van der Waals surface area (Å²) in [7, 11) is 0. The van der Waals surface area contributed by atoms with Gasteiger partial charge < -0.3 is 25.7 Å². The third-order valence-corrected chi connectivity index (χ3v) is 8.36. The lowest BCUT2D eigenvalue weighted by atomic mass is 9.79. The van der Waals surface area contributed by atoms with Gasteiger partial charge in [0.15, 0.2) is 0 Å². The molecular formula is C32H35F3N4O4. The Balaban J connectivity index is 1.07. The summed E-state index contributed by atoms with van der Waals surface area (Å²) in [5, 5.41) is 26.8. The molecule has 0 bridgehead atoms. The van der Waals surface area contributed by atoms with E-state index in [1.165, 1.54) is 6.07 Å². The van der Waals surface area contributed by atoms with Gasteiger partial charge in [-0.25, -0.2) is 0 Å². The predicted octanol–water partition coefficient (Wildman–Crippen LogP) is 4.01. The molecule has 1 atom stereocenters. The highest BCUT2D eigenvalue weighted by atomic mass is 19.4. The molecule has 1 saturated carbocycles. The summed E-state index contributed by atoms with van der Waals surface area (Å²) < 4.78 is 38.8. The second kappa shape index (κ2) is 12.8. The van der Waals surface area contributed by atoms with E-state index in [1.54, 1.807) is 11.1 Å².